The van der Waals surface area contributed by atoms with Crippen molar-refractivity contribution in [3.05, 3.63) is 71.8 Å². The molecule has 37 heavy (non-hydrogen) atoms. The summed E-state index contributed by atoms with van der Waals surface area (Å²) >= 11 is 11.5. The largest absolute Gasteiger partial charge is 0.360 e. The van der Waals surface area contributed by atoms with Crippen molar-refractivity contribution in [2.75, 3.05) is 31.2 Å². The topological polar surface area (TPSA) is 64.7 Å². The molecule has 0 aliphatic heterocycles. The molecule has 0 heterocycles. The van der Waals surface area contributed by atoms with E-state index in [2.05, 4.69) is 10.6 Å². The maximum atomic E-state index is 13.7. The van der Waals surface area contributed by atoms with Crippen LogP contribution in [0, 0.1) is 0 Å². The van der Waals surface area contributed by atoms with E-state index in [0.717, 1.165) is 11.1 Å². The zero-order valence-corrected chi connectivity index (χ0v) is 26.1. The molecule has 0 aliphatic rings. The summed E-state index contributed by atoms with van der Waals surface area (Å²) in [5, 5.41) is 7.63. The van der Waals surface area contributed by atoms with Crippen LogP contribution >= 0.6 is 39.0 Å². The van der Waals surface area contributed by atoms with Crippen LogP contribution in [0.3, 0.4) is 0 Å². The number of hydrogen-bond donors (Lipinski definition) is 2. The van der Waals surface area contributed by atoms with Crippen LogP contribution < -0.4 is 10.6 Å². The summed E-state index contributed by atoms with van der Waals surface area (Å²) in [6.07, 6.45) is 2.20. The minimum absolute atomic E-state index is 0.0906. The Hall–Kier alpha value is -1.72. The highest BCUT2D eigenvalue weighted by atomic mass is 32.1. The van der Waals surface area contributed by atoms with E-state index < -0.39 is 14.6 Å². The Kier molecular flexibility index (Phi) is 12.8. The average molecular weight is 581 g/mol. The lowest BCUT2D eigenvalue weighted by molar-refractivity contribution is 0.494. The minimum Gasteiger partial charge on any atom is -0.360 e. The van der Waals surface area contributed by atoms with E-state index in [1.165, 1.54) is 0 Å². The number of thiocarbonyl (C=S) groups is 2. The van der Waals surface area contributed by atoms with E-state index in [9.17, 15) is 9.13 Å². The van der Waals surface area contributed by atoms with Crippen LogP contribution in [0.4, 0.5) is 0 Å². The molecule has 1 unspecified atom stereocenters. The molecule has 2 aromatic rings. The molecule has 0 bridgehead atoms. The van der Waals surface area contributed by atoms with E-state index in [-0.39, 0.29) is 6.04 Å². The smallest absolute Gasteiger partial charge is 0.175 e. The Balaban J connectivity index is 2.11. The van der Waals surface area contributed by atoms with Gasteiger partial charge in [-0.05, 0) is 42.5 Å². The van der Waals surface area contributed by atoms with Gasteiger partial charge in [-0.15, -0.1) is 0 Å². The Morgan fingerprint density at radius 1 is 0.730 bits per heavy atom. The van der Waals surface area contributed by atoms with Gasteiger partial charge in [0.2, 0.25) is 0 Å². The molecule has 0 fully saturated rings. The SMILES string of the molecule is CCP(=O)(CC)N(Cc1ccccc1)C(=S)NCC(C)NC(=S)N(Cc1ccccc1)P(=O)(CC)CC. The second-order valence-corrected chi connectivity index (χ2v) is 16.7. The zero-order chi connectivity index (χ0) is 27.5. The number of nitrogens with one attached hydrogen (secondary N) is 2. The first kappa shape index (κ1) is 31.5. The lowest BCUT2D eigenvalue weighted by Crippen LogP contribution is -2.48. The lowest BCUT2D eigenvalue weighted by Gasteiger charge is -2.35. The molecule has 0 spiro atoms. The Morgan fingerprint density at radius 2 is 1.11 bits per heavy atom. The van der Waals surface area contributed by atoms with Gasteiger partial charge >= 0.3 is 0 Å². The molecule has 0 radical (unpaired) electrons. The van der Waals surface area contributed by atoms with Crippen molar-refractivity contribution < 1.29 is 9.13 Å². The van der Waals surface area contributed by atoms with Crippen LogP contribution in [-0.4, -0.2) is 56.8 Å². The summed E-state index contributed by atoms with van der Waals surface area (Å²) in [5.41, 5.74) is 2.12. The number of benzene rings is 2. The molecule has 2 rings (SSSR count). The van der Waals surface area contributed by atoms with E-state index in [0.29, 0.717) is 54.5 Å². The molecule has 1 atom stereocenters. The fraction of sp³-hybridized carbons (Fsp3) is 0.481. The van der Waals surface area contributed by atoms with E-state index >= 15 is 0 Å². The lowest BCUT2D eigenvalue weighted by atomic mass is 10.2. The molecule has 0 aliphatic carbocycles. The summed E-state index contributed by atoms with van der Waals surface area (Å²) in [5.74, 6) is 0. The summed E-state index contributed by atoms with van der Waals surface area (Å²) in [4.78, 5) is 0. The predicted octanol–water partition coefficient (Wildman–Crippen LogP) is 6.76. The molecule has 0 aromatic heterocycles. The Morgan fingerprint density at radius 3 is 1.49 bits per heavy atom. The molecule has 6 nitrogen and oxygen atoms in total. The second kappa shape index (κ2) is 15.0. The van der Waals surface area contributed by atoms with Gasteiger partial charge in [0.15, 0.2) is 24.8 Å². The molecule has 204 valence electrons. The van der Waals surface area contributed by atoms with Crippen LogP contribution in [0.1, 0.15) is 45.7 Å². The van der Waals surface area contributed by atoms with Gasteiger partial charge in [-0.3, -0.25) is 9.34 Å². The third-order valence-electron chi connectivity index (χ3n) is 6.61. The van der Waals surface area contributed by atoms with Crippen molar-refractivity contribution in [1.29, 1.82) is 0 Å². The maximum absolute atomic E-state index is 13.7. The van der Waals surface area contributed by atoms with Crippen molar-refractivity contribution >= 4 is 49.2 Å². The van der Waals surface area contributed by atoms with E-state index in [1.54, 1.807) is 0 Å². The van der Waals surface area contributed by atoms with Gasteiger partial charge in [0, 0.05) is 37.2 Å². The molecular weight excluding hydrogens is 538 g/mol. The molecule has 0 saturated heterocycles. The van der Waals surface area contributed by atoms with Gasteiger partial charge in [-0.2, -0.15) is 0 Å². The highest BCUT2D eigenvalue weighted by Gasteiger charge is 2.31. The van der Waals surface area contributed by atoms with Crippen molar-refractivity contribution in [1.82, 2.24) is 20.0 Å². The van der Waals surface area contributed by atoms with Crippen LogP contribution in [0.25, 0.3) is 0 Å². The van der Waals surface area contributed by atoms with Crippen molar-refractivity contribution in [3.8, 4) is 0 Å². The molecule has 2 N–H and O–H groups in total. The monoisotopic (exact) mass is 580 g/mol. The number of nitrogens with zero attached hydrogens (tertiary/aromatic N) is 2. The molecule has 0 amide bonds. The van der Waals surface area contributed by atoms with Crippen LogP contribution in [0.5, 0.6) is 0 Å². The summed E-state index contributed by atoms with van der Waals surface area (Å²) < 4.78 is 31.1. The first-order valence-electron chi connectivity index (χ1n) is 13.0. The Labute approximate surface area is 234 Å². The van der Waals surface area contributed by atoms with E-state index in [1.807, 2.05) is 105 Å². The van der Waals surface area contributed by atoms with Gasteiger partial charge in [0.1, 0.15) is 0 Å². The fourth-order valence-corrected chi connectivity index (χ4v) is 9.24. The summed E-state index contributed by atoms with van der Waals surface area (Å²) in [7, 11) is -5.30. The van der Waals surface area contributed by atoms with Gasteiger partial charge in [-0.25, -0.2) is 0 Å². The highest BCUT2D eigenvalue weighted by molar-refractivity contribution is 7.81. The maximum Gasteiger partial charge on any atom is 0.175 e. The van der Waals surface area contributed by atoms with Crippen molar-refractivity contribution in [3.63, 3.8) is 0 Å². The van der Waals surface area contributed by atoms with Crippen LogP contribution in [0.2, 0.25) is 0 Å². The quantitative estimate of drug-likeness (QED) is 0.199. The highest BCUT2D eigenvalue weighted by Crippen LogP contribution is 2.50. The van der Waals surface area contributed by atoms with Crippen molar-refractivity contribution in [2.24, 2.45) is 0 Å². The van der Waals surface area contributed by atoms with Crippen molar-refractivity contribution in [2.45, 2.75) is 53.8 Å². The molecule has 10 heteroatoms. The van der Waals surface area contributed by atoms with Gasteiger partial charge in [0.05, 0.1) is 13.1 Å². The predicted molar refractivity (Wildman–Crippen MR) is 167 cm³/mol. The molecule has 2 aromatic carbocycles. The third kappa shape index (κ3) is 8.92. The molecular formula is C27H42N4O2P2S2. The van der Waals surface area contributed by atoms with Crippen LogP contribution in [-0.2, 0) is 22.2 Å². The third-order valence-corrected chi connectivity index (χ3v) is 14.0. The summed E-state index contributed by atoms with van der Waals surface area (Å²) in [6, 6.07) is 19.9. The standard InChI is InChI=1S/C27H42N4O2P2S2/c1-6-34(32,7-2)30(21-24-16-12-10-13-17-24)26(36)28-20-23(5)29-27(37)31(35(33,8-3)9-4)22-25-18-14-11-15-19-25/h10-19,23H,6-9,20-22H2,1-5H3,(H,28,36)(H,29,37). The van der Waals surface area contributed by atoms with Gasteiger partial charge < -0.3 is 19.8 Å². The average Bonchev–Trinajstić information content (AvgIpc) is 2.93. The normalized spacial score (nSPS) is 12.5. The molecule has 0 saturated carbocycles. The van der Waals surface area contributed by atoms with Crippen LogP contribution in [0.15, 0.2) is 60.7 Å². The first-order chi connectivity index (χ1) is 17.6. The fourth-order valence-electron chi connectivity index (χ4n) is 4.04. The number of rotatable bonds is 13. The number of hydrogen-bond acceptors (Lipinski definition) is 4. The summed E-state index contributed by atoms with van der Waals surface area (Å²) in [6.45, 7) is 11.3. The second-order valence-electron chi connectivity index (χ2n) is 9.08. The van der Waals surface area contributed by atoms with E-state index in [4.69, 9.17) is 24.4 Å². The van der Waals surface area contributed by atoms with Gasteiger partial charge in [0.25, 0.3) is 0 Å². The first-order valence-corrected chi connectivity index (χ1v) is 17.9. The Bertz CT molecular complexity index is 1090. The zero-order valence-electron chi connectivity index (χ0n) is 22.7. The minimum atomic E-state index is -2.65. The van der Waals surface area contributed by atoms with Gasteiger partial charge in [-0.1, -0.05) is 88.4 Å².